The maximum Gasteiger partial charge on any atom is 0.334 e. The van der Waals surface area contributed by atoms with Crippen molar-refractivity contribution in [3.05, 3.63) is 40.9 Å². The Bertz CT molecular complexity index is 743. The Hall–Kier alpha value is -2.25. The summed E-state index contributed by atoms with van der Waals surface area (Å²) in [6.45, 7) is 2.64. The summed E-state index contributed by atoms with van der Waals surface area (Å²) in [6.07, 6.45) is -0.970. The average Bonchev–Trinajstić information content (AvgIpc) is 3.04. The van der Waals surface area contributed by atoms with Crippen molar-refractivity contribution in [2.24, 2.45) is 0 Å². The third-order valence-corrected chi connectivity index (χ3v) is 4.60. The van der Waals surface area contributed by atoms with Gasteiger partial charge in [0.2, 0.25) is 0 Å². The molecule has 1 unspecified atom stereocenters. The Morgan fingerprint density at radius 2 is 2.17 bits per heavy atom. The lowest BCUT2D eigenvalue weighted by Crippen LogP contribution is -2.48. The van der Waals surface area contributed by atoms with E-state index in [0.29, 0.717) is 12.2 Å². The van der Waals surface area contributed by atoms with E-state index < -0.39 is 12.1 Å². The van der Waals surface area contributed by atoms with Crippen LogP contribution in [0.25, 0.3) is 10.6 Å². The molecule has 7 heteroatoms. The van der Waals surface area contributed by atoms with Crippen molar-refractivity contribution >= 4 is 23.2 Å². The fourth-order valence-corrected chi connectivity index (χ4v) is 3.34. The molecule has 1 N–H and O–H groups in total. The van der Waals surface area contributed by atoms with E-state index in [9.17, 15) is 9.59 Å². The Morgan fingerprint density at radius 1 is 1.39 bits per heavy atom. The fourth-order valence-electron chi connectivity index (χ4n) is 2.45. The molecule has 0 bridgehead atoms. The van der Waals surface area contributed by atoms with Crippen LogP contribution in [0.15, 0.2) is 29.6 Å². The zero-order chi connectivity index (χ0) is 16.4. The van der Waals surface area contributed by atoms with Crippen LogP contribution >= 0.6 is 11.3 Å². The number of morpholine rings is 1. The molecule has 1 saturated heterocycles. The van der Waals surface area contributed by atoms with Gasteiger partial charge in [0.15, 0.2) is 6.10 Å². The Balaban J connectivity index is 1.79. The van der Waals surface area contributed by atoms with Crippen LogP contribution in [-0.2, 0) is 9.53 Å². The quantitative estimate of drug-likeness (QED) is 0.930. The zero-order valence-electron chi connectivity index (χ0n) is 12.6. The molecule has 1 fully saturated rings. The lowest BCUT2D eigenvalue weighted by atomic mass is 10.1. The number of rotatable bonds is 3. The molecule has 1 aliphatic rings. The Morgan fingerprint density at radius 3 is 2.91 bits per heavy atom. The van der Waals surface area contributed by atoms with E-state index in [1.54, 1.807) is 5.38 Å². The highest BCUT2D eigenvalue weighted by atomic mass is 32.1. The summed E-state index contributed by atoms with van der Waals surface area (Å²) >= 11 is 1.41. The van der Waals surface area contributed by atoms with Crippen molar-refractivity contribution in [1.82, 2.24) is 9.88 Å². The van der Waals surface area contributed by atoms with Gasteiger partial charge in [-0.1, -0.05) is 24.3 Å². The molecule has 0 radical (unpaired) electrons. The minimum atomic E-state index is -1.05. The lowest BCUT2D eigenvalue weighted by molar-refractivity contribution is -0.154. The van der Waals surface area contributed by atoms with Crippen LogP contribution in [-0.4, -0.2) is 52.7 Å². The van der Waals surface area contributed by atoms with E-state index in [4.69, 9.17) is 9.84 Å². The summed E-state index contributed by atoms with van der Waals surface area (Å²) in [4.78, 5) is 29.4. The number of hydrogen-bond acceptors (Lipinski definition) is 5. The molecule has 1 amide bonds. The molecule has 23 heavy (non-hydrogen) atoms. The lowest BCUT2D eigenvalue weighted by Gasteiger charge is -2.30. The molecule has 2 heterocycles. The highest BCUT2D eigenvalue weighted by molar-refractivity contribution is 7.13. The predicted octanol–water partition coefficient (Wildman–Crippen LogP) is 2.04. The van der Waals surface area contributed by atoms with Gasteiger partial charge >= 0.3 is 5.97 Å². The molecular formula is C16H16N2O4S. The summed E-state index contributed by atoms with van der Waals surface area (Å²) in [5, 5.41) is 11.5. The number of aliphatic carboxylic acids is 1. The van der Waals surface area contributed by atoms with Crippen molar-refractivity contribution < 1.29 is 19.4 Å². The number of amides is 1. The van der Waals surface area contributed by atoms with Gasteiger partial charge in [-0.3, -0.25) is 4.79 Å². The normalized spacial score (nSPS) is 18.0. The highest BCUT2D eigenvalue weighted by Gasteiger charge is 2.30. The van der Waals surface area contributed by atoms with E-state index in [0.717, 1.165) is 16.1 Å². The standard InChI is InChI=1S/C16H16N2O4S/c1-10-4-2-3-5-11(10)14-17-12(9-23-14)15(19)18-6-7-22-13(8-18)16(20)21/h2-5,9,13H,6-8H2,1H3,(H,20,21). The van der Waals surface area contributed by atoms with Gasteiger partial charge < -0.3 is 14.7 Å². The summed E-state index contributed by atoms with van der Waals surface area (Å²) in [6, 6.07) is 7.86. The summed E-state index contributed by atoms with van der Waals surface area (Å²) in [5.74, 6) is -1.31. The third-order valence-electron chi connectivity index (χ3n) is 3.73. The van der Waals surface area contributed by atoms with E-state index in [2.05, 4.69) is 4.98 Å². The minimum Gasteiger partial charge on any atom is -0.479 e. The van der Waals surface area contributed by atoms with Gasteiger partial charge in [0.05, 0.1) is 13.2 Å². The molecule has 1 aromatic carbocycles. The number of carbonyl (C=O) groups is 2. The van der Waals surface area contributed by atoms with Crippen LogP contribution in [0.1, 0.15) is 16.1 Å². The molecule has 120 valence electrons. The number of carboxylic acid groups (broad SMARTS) is 1. The van der Waals surface area contributed by atoms with Crippen LogP contribution in [0, 0.1) is 6.92 Å². The van der Waals surface area contributed by atoms with Crippen molar-refractivity contribution in [1.29, 1.82) is 0 Å². The fraction of sp³-hybridized carbons (Fsp3) is 0.312. The second kappa shape index (κ2) is 6.47. The maximum absolute atomic E-state index is 12.5. The van der Waals surface area contributed by atoms with Crippen LogP contribution in [0.3, 0.4) is 0 Å². The number of ether oxygens (including phenoxy) is 1. The SMILES string of the molecule is Cc1ccccc1-c1nc(C(=O)N2CCOC(C(=O)O)C2)cs1. The average molecular weight is 332 g/mol. The molecule has 1 aliphatic heterocycles. The smallest absolute Gasteiger partial charge is 0.334 e. The Labute approximate surface area is 137 Å². The van der Waals surface area contributed by atoms with E-state index in [-0.39, 0.29) is 19.1 Å². The molecule has 6 nitrogen and oxygen atoms in total. The zero-order valence-corrected chi connectivity index (χ0v) is 13.4. The molecule has 0 saturated carbocycles. The first-order valence-electron chi connectivity index (χ1n) is 7.21. The maximum atomic E-state index is 12.5. The number of carboxylic acids is 1. The molecule has 2 aromatic rings. The summed E-state index contributed by atoms with van der Waals surface area (Å²) < 4.78 is 5.13. The second-order valence-corrected chi connectivity index (χ2v) is 6.16. The van der Waals surface area contributed by atoms with Crippen molar-refractivity contribution in [3.8, 4) is 10.6 Å². The van der Waals surface area contributed by atoms with Crippen molar-refractivity contribution in [3.63, 3.8) is 0 Å². The monoisotopic (exact) mass is 332 g/mol. The van der Waals surface area contributed by atoms with Gasteiger partial charge in [-0.05, 0) is 12.5 Å². The minimum absolute atomic E-state index is 0.0470. The van der Waals surface area contributed by atoms with Gasteiger partial charge in [-0.2, -0.15) is 0 Å². The van der Waals surface area contributed by atoms with Gasteiger partial charge in [-0.25, -0.2) is 9.78 Å². The number of benzene rings is 1. The number of thiazole rings is 1. The first-order chi connectivity index (χ1) is 11.1. The van der Waals surface area contributed by atoms with Gasteiger partial charge in [0.25, 0.3) is 5.91 Å². The summed E-state index contributed by atoms with van der Waals surface area (Å²) in [5.41, 5.74) is 2.44. The molecule has 1 aromatic heterocycles. The van der Waals surface area contributed by atoms with Gasteiger partial charge in [0.1, 0.15) is 10.7 Å². The van der Waals surface area contributed by atoms with Gasteiger partial charge in [-0.15, -0.1) is 11.3 Å². The first kappa shape index (κ1) is 15.6. The van der Waals surface area contributed by atoms with Crippen LogP contribution < -0.4 is 0 Å². The molecule has 3 rings (SSSR count). The molecule has 0 aliphatic carbocycles. The van der Waals surface area contributed by atoms with E-state index >= 15 is 0 Å². The first-order valence-corrected chi connectivity index (χ1v) is 8.09. The third kappa shape index (κ3) is 3.25. The molecule has 1 atom stereocenters. The van der Waals surface area contributed by atoms with Crippen molar-refractivity contribution in [2.75, 3.05) is 19.7 Å². The summed E-state index contributed by atoms with van der Waals surface area (Å²) in [7, 11) is 0. The van der Waals surface area contributed by atoms with Gasteiger partial charge in [0, 0.05) is 17.5 Å². The number of carbonyl (C=O) groups excluding carboxylic acids is 1. The number of aryl methyl sites for hydroxylation is 1. The second-order valence-electron chi connectivity index (χ2n) is 5.30. The predicted molar refractivity (Wildman–Crippen MR) is 85.6 cm³/mol. The van der Waals surface area contributed by atoms with E-state index in [1.807, 2.05) is 31.2 Å². The molecule has 0 spiro atoms. The topological polar surface area (TPSA) is 79.7 Å². The van der Waals surface area contributed by atoms with Crippen LogP contribution in [0.2, 0.25) is 0 Å². The largest absolute Gasteiger partial charge is 0.479 e. The van der Waals surface area contributed by atoms with E-state index in [1.165, 1.54) is 16.2 Å². The van der Waals surface area contributed by atoms with Crippen LogP contribution in [0.4, 0.5) is 0 Å². The number of aromatic nitrogens is 1. The number of nitrogens with zero attached hydrogens (tertiary/aromatic N) is 2. The van der Waals surface area contributed by atoms with Crippen LogP contribution in [0.5, 0.6) is 0 Å². The molecular weight excluding hydrogens is 316 g/mol. The highest BCUT2D eigenvalue weighted by Crippen LogP contribution is 2.27. The number of hydrogen-bond donors (Lipinski definition) is 1. The van der Waals surface area contributed by atoms with Crippen molar-refractivity contribution in [2.45, 2.75) is 13.0 Å². The Kier molecular flexibility index (Phi) is 4.40.